The van der Waals surface area contributed by atoms with Gasteiger partial charge in [-0.15, -0.1) is 12.4 Å². The van der Waals surface area contributed by atoms with E-state index in [1.165, 1.54) is 20.3 Å². The molecule has 1 saturated heterocycles. The van der Waals surface area contributed by atoms with E-state index in [0.717, 1.165) is 11.3 Å². The third-order valence-corrected chi connectivity index (χ3v) is 5.85. The van der Waals surface area contributed by atoms with Crippen LogP contribution in [0.5, 0.6) is 0 Å². The number of thiol groups is 1. The third kappa shape index (κ3) is 6.34. The first-order valence-electron chi connectivity index (χ1n) is 9.98. The van der Waals surface area contributed by atoms with Crippen molar-refractivity contribution < 1.29 is 23.5 Å². The minimum Gasteiger partial charge on any atom is -0.469 e. The number of methoxy groups -OCH3 is 2. The van der Waals surface area contributed by atoms with Gasteiger partial charge in [0.25, 0.3) is 0 Å². The first-order chi connectivity index (χ1) is 14.9. The molecule has 0 bridgehead atoms. The Labute approximate surface area is 198 Å². The first kappa shape index (κ1) is 25.9. The average molecular weight is 484 g/mol. The highest BCUT2D eigenvalue weighted by Gasteiger charge is 2.34. The SMILES string of the molecule is COC(=O)CCn1ccc(/C=C2\CN(C(C(=O)OC)c3ccccc3F)CC[C@H]2S)n1.Cl. The van der Waals surface area contributed by atoms with Crippen molar-refractivity contribution >= 4 is 43.1 Å². The molecule has 1 aromatic carbocycles. The Hall–Kier alpha value is -2.36. The molecule has 7 nitrogen and oxygen atoms in total. The average Bonchev–Trinajstić information content (AvgIpc) is 3.22. The van der Waals surface area contributed by atoms with Gasteiger partial charge < -0.3 is 9.47 Å². The number of nitrogens with zero attached hydrogens (tertiary/aromatic N) is 3. The molecule has 174 valence electrons. The van der Waals surface area contributed by atoms with Gasteiger partial charge in [0.1, 0.15) is 11.9 Å². The predicted molar refractivity (Wildman–Crippen MR) is 124 cm³/mol. The molecule has 1 aliphatic heterocycles. The largest absolute Gasteiger partial charge is 0.469 e. The summed E-state index contributed by atoms with van der Waals surface area (Å²) >= 11 is 4.68. The van der Waals surface area contributed by atoms with E-state index in [4.69, 9.17) is 4.74 Å². The molecule has 0 radical (unpaired) electrons. The number of esters is 2. The Balaban J connectivity index is 0.00000363. The summed E-state index contributed by atoms with van der Waals surface area (Å²) < 4.78 is 25.8. The van der Waals surface area contributed by atoms with Crippen molar-refractivity contribution in [1.82, 2.24) is 14.7 Å². The predicted octanol–water partition coefficient (Wildman–Crippen LogP) is 3.31. The first-order valence-corrected chi connectivity index (χ1v) is 10.5. The Kier molecular flexibility index (Phi) is 9.74. The highest BCUT2D eigenvalue weighted by atomic mass is 35.5. The normalized spacial score (nSPS) is 18.6. The van der Waals surface area contributed by atoms with Crippen LogP contribution in [0, 0.1) is 5.82 Å². The monoisotopic (exact) mass is 483 g/mol. The zero-order valence-corrected chi connectivity index (χ0v) is 19.7. The van der Waals surface area contributed by atoms with Gasteiger partial charge in [-0.2, -0.15) is 17.7 Å². The number of hydrogen-bond acceptors (Lipinski definition) is 7. The number of likely N-dealkylation sites (tertiary alicyclic amines) is 1. The number of halogens is 2. The molecule has 0 amide bonds. The molecule has 0 spiro atoms. The van der Waals surface area contributed by atoms with Gasteiger partial charge in [-0.1, -0.05) is 18.2 Å². The van der Waals surface area contributed by atoms with Gasteiger partial charge in [-0.3, -0.25) is 14.4 Å². The molecule has 0 N–H and O–H groups in total. The lowest BCUT2D eigenvalue weighted by atomic mass is 9.97. The lowest BCUT2D eigenvalue weighted by molar-refractivity contribution is -0.147. The van der Waals surface area contributed by atoms with Crippen molar-refractivity contribution in [1.29, 1.82) is 0 Å². The van der Waals surface area contributed by atoms with Crippen LogP contribution < -0.4 is 0 Å². The third-order valence-electron chi connectivity index (χ3n) is 5.26. The summed E-state index contributed by atoms with van der Waals surface area (Å²) in [6.07, 6.45) is 4.65. The van der Waals surface area contributed by atoms with Gasteiger partial charge in [0.15, 0.2) is 0 Å². The molecule has 1 unspecified atom stereocenters. The maximum Gasteiger partial charge on any atom is 0.327 e. The maximum atomic E-state index is 14.5. The lowest BCUT2D eigenvalue weighted by Gasteiger charge is -2.36. The maximum absolute atomic E-state index is 14.5. The number of carbonyl (C=O) groups is 2. The summed E-state index contributed by atoms with van der Waals surface area (Å²) in [5, 5.41) is 4.46. The molecule has 2 heterocycles. The smallest absolute Gasteiger partial charge is 0.327 e. The molecule has 3 rings (SSSR count). The van der Waals surface area contributed by atoms with Crippen molar-refractivity contribution in [3.05, 3.63) is 59.2 Å². The number of carbonyl (C=O) groups excluding carboxylic acids is 2. The molecule has 2 atom stereocenters. The summed E-state index contributed by atoms with van der Waals surface area (Å²) in [5.41, 5.74) is 1.98. The highest BCUT2D eigenvalue weighted by molar-refractivity contribution is 7.81. The van der Waals surface area contributed by atoms with Crippen LogP contribution in [0.25, 0.3) is 6.08 Å². The van der Waals surface area contributed by atoms with Crippen molar-refractivity contribution in [3.8, 4) is 0 Å². The van der Waals surface area contributed by atoms with Crippen molar-refractivity contribution in [2.45, 2.75) is 30.7 Å². The summed E-state index contributed by atoms with van der Waals surface area (Å²) in [5.74, 6) is -1.24. The number of aromatic nitrogens is 2. The molecule has 1 fully saturated rings. The van der Waals surface area contributed by atoms with Crippen LogP contribution >= 0.6 is 25.0 Å². The molecule has 0 aliphatic carbocycles. The molecule has 0 saturated carbocycles. The number of benzene rings is 1. The van der Waals surface area contributed by atoms with Crippen molar-refractivity contribution in [2.75, 3.05) is 27.3 Å². The minimum atomic E-state index is -0.840. The van der Waals surface area contributed by atoms with Gasteiger partial charge in [0.2, 0.25) is 0 Å². The molecule has 1 aromatic heterocycles. The van der Waals surface area contributed by atoms with E-state index in [2.05, 4.69) is 22.5 Å². The van der Waals surface area contributed by atoms with Gasteiger partial charge in [0.05, 0.1) is 32.9 Å². The number of hydrogen-bond donors (Lipinski definition) is 1. The topological polar surface area (TPSA) is 73.7 Å². The van der Waals surface area contributed by atoms with Crippen LogP contribution in [0.15, 0.2) is 42.1 Å². The Bertz CT molecular complexity index is 968. The summed E-state index contributed by atoms with van der Waals surface area (Å²) in [6, 6.07) is 7.25. The molecule has 2 aromatic rings. The van der Waals surface area contributed by atoms with Crippen LogP contribution in [0.4, 0.5) is 4.39 Å². The van der Waals surface area contributed by atoms with E-state index in [9.17, 15) is 14.0 Å². The zero-order valence-electron chi connectivity index (χ0n) is 17.9. The van der Waals surface area contributed by atoms with Crippen LogP contribution in [-0.4, -0.2) is 59.2 Å². The lowest BCUT2D eigenvalue weighted by Crippen LogP contribution is -2.42. The van der Waals surface area contributed by atoms with E-state index in [0.29, 0.717) is 31.6 Å². The standard InChI is InChI=1S/C22H26FN3O4S.ClH/c1-29-20(27)9-12-26-11-7-16(24-26)13-15-14-25(10-8-19(15)31)21(22(28)30-2)17-5-3-4-6-18(17)23;/h3-7,11,13,19,21,31H,8-10,12,14H2,1-2H3;1H/b15-13+;/t19-,21?;/m1./s1. The number of ether oxygens (including phenoxy) is 2. The van der Waals surface area contributed by atoms with Gasteiger partial charge >= 0.3 is 11.9 Å². The molecular weight excluding hydrogens is 457 g/mol. The Morgan fingerprint density at radius 1 is 1.28 bits per heavy atom. The van der Waals surface area contributed by atoms with E-state index in [-0.39, 0.29) is 30.0 Å². The summed E-state index contributed by atoms with van der Waals surface area (Å²) in [4.78, 5) is 25.8. The van der Waals surface area contributed by atoms with E-state index >= 15 is 0 Å². The van der Waals surface area contributed by atoms with Crippen LogP contribution in [0.3, 0.4) is 0 Å². The fourth-order valence-corrected chi connectivity index (χ4v) is 3.88. The molecule has 1 aliphatic rings. The zero-order chi connectivity index (χ0) is 22.4. The number of aryl methyl sites for hydroxylation is 1. The Morgan fingerprint density at radius 3 is 2.72 bits per heavy atom. The molecular formula is C22H27ClFN3O4S. The van der Waals surface area contributed by atoms with E-state index in [1.807, 2.05) is 17.0 Å². The van der Waals surface area contributed by atoms with Crippen LogP contribution in [0.1, 0.15) is 30.1 Å². The van der Waals surface area contributed by atoms with Crippen LogP contribution in [-0.2, 0) is 25.6 Å². The Morgan fingerprint density at radius 2 is 2.03 bits per heavy atom. The van der Waals surface area contributed by atoms with E-state index < -0.39 is 17.8 Å². The minimum absolute atomic E-state index is 0. The van der Waals surface area contributed by atoms with Gasteiger partial charge in [-0.05, 0) is 30.2 Å². The van der Waals surface area contributed by atoms with Gasteiger partial charge in [-0.25, -0.2) is 9.18 Å². The second-order valence-corrected chi connectivity index (χ2v) is 7.89. The fourth-order valence-electron chi connectivity index (χ4n) is 3.61. The van der Waals surface area contributed by atoms with Crippen molar-refractivity contribution in [3.63, 3.8) is 0 Å². The van der Waals surface area contributed by atoms with E-state index in [1.54, 1.807) is 29.1 Å². The second kappa shape index (κ2) is 12.0. The summed E-state index contributed by atoms with van der Waals surface area (Å²) in [7, 11) is 2.66. The number of rotatable bonds is 7. The van der Waals surface area contributed by atoms with Crippen LogP contribution in [0.2, 0.25) is 0 Å². The quantitative estimate of drug-likeness (QED) is 0.481. The molecule has 32 heavy (non-hydrogen) atoms. The van der Waals surface area contributed by atoms with Crippen molar-refractivity contribution in [2.24, 2.45) is 0 Å². The summed E-state index contributed by atoms with van der Waals surface area (Å²) in [6.45, 7) is 1.43. The van der Waals surface area contributed by atoms with Gasteiger partial charge in [0, 0.05) is 30.1 Å². The fraction of sp³-hybridized carbons (Fsp3) is 0.409. The number of piperidine rings is 1. The molecule has 10 heteroatoms. The highest BCUT2D eigenvalue weighted by Crippen LogP contribution is 2.31. The second-order valence-electron chi connectivity index (χ2n) is 7.27.